The van der Waals surface area contributed by atoms with Crippen LogP contribution in [0.3, 0.4) is 0 Å². The Morgan fingerprint density at radius 1 is 0.700 bits per heavy atom. The van der Waals surface area contributed by atoms with Crippen molar-refractivity contribution in [3.8, 4) is 10.3 Å². The van der Waals surface area contributed by atoms with Crippen molar-refractivity contribution < 1.29 is 14.4 Å². The van der Waals surface area contributed by atoms with Crippen molar-refractivity contribution in [3.05, 3.63) is 127 Å². The van der Waals surface area contributed by atoms with E-state index in [0.717, 1.165) is 20.4 Å². The molecule has 0 bridgehead atoms. The Morgan fingerprint density at radius 2 is 1.15 bits per heavy atom. The highest BCUT2D eigenvalue weighted by molar-refractivity contribution is 7.20. The third kappa shape index (κ3) is 3.85. The van der Waals surface area contributed by atoms with Gasteiger partial charge in [-0.25, -0.2) is 34.1 Å². The van der Waals surface area contributed by atoms with Gasteiger partial charge in [0.2, 0.25) is 0 Å². The van der Waals surface area contributed by atoms with Gasteiger partial charge in [-0.1, -0.05) is 45.8 Å². The standard InChI is InChI=1S/C29H21FN6O2S2/c1-15-23(26(37)35(33-15)28-31-19-7-3-5-9-21(19)39-28)25(17-11-13-18(30)14-12-17)24-16(2)34-36(27(24)38)29-32-20-8-4-6-10-22(20)40-29/h3-14,25,33-34H,1-2H3/p+2. The maximum Gasteiger partial charge on any atom is 0.366 e. The summed E-state index contributed by atoms with van der Waals surface area (Å²) in [6.07, 6.45) is 0. The van der Waals surface area contributed by atoms with Gasteiger partial charge < -0.3 is 0 Å². The molecule has 0 saturated carbocycles. The van der Waals surface area contributed by atoms with E-state index in [1.807, 2.05) is 62.4 Å². The summed E-state index contributed by atoms with van der Waals surface area (Å²) in [5, 5.41) is 7.66. The molecule has 4 aromatic heterocycles. The average molecular weight is 571 g/mol. The number of H-pyrrole nitrogens is 4. The summed E-state index contributed by atoms with van der Waals surface area (Å²) in [5.41, 5.74) is 3.98. The van der Waals surface area contributed by atoms with Gasteiger partial charge in [0, 0.05) is 0 Å². The maximum atomic E-state index is 14.1. The molecule has 0 aliphatic rings. The molecule has 0 saturated heterocycles. The normalized spacial score (nSPS) is 11.8. The minimum Gasteiger partial charge on any atom is -0.239 e. The highest BCUT2D eigenvalue weighted by Gasteiger charge is 2.35. The van der Waals surface area contributed by atoms with Crippen molar-refractivity contribution in [2.75, 3.05) is 0 Å². The highest BCUT2D eigenvalue weighted by Crippen LogP contribution is 2.33. The smallest absolute Gasteiger partial charge is 0.239 e. The van der Waals surface area contributed by atoms with Gasteiger partial charge in [-0.2, -0.15) is 0 Å². The molecular weight excluding hydrogens is 547 g/mol. The topological polar surface area (TPSA) is 104 Å². The zero-order valence-corrected chi connectivity index (χ0v) is 23.0. The van der Waals surface area contributed by atoms with Crippen LogP contribution in [0, 0.1) is 19.7 Å². The minimum atomic E-state index is -0.737. The number of aromatic amines is 4. The second-order valence-corrected chi connectivity index (χ2v) is 11.7. The molecule has 11 heteroatoms. The molecule has 7 rings (SSSR count). The van der Waals surface area contributed by atoms with Crippen molar-refractivity contribution in [1.82, 2.24) is 19.6 Å². The van der Waals surface area contributed by atoms with Crippen LogP contribution >= 0.6 is 22.7 Å². The number of hydrogen-bond donors (Lipinski definition) is 2. The quantitative estimate of drug-likeness (QED) is 0.315. The number of benzene rings is 3. The second-order valence-electron chi connectivity index (χ2n) is 9.62. The summed E-state index contributed by atoms with van der Waals surface area (Å²) < 4.78 is 19.0. The van der Waals surface area contributed by atoms with Gasteiger partial charge in [0.15, 0.2) is 0 Å². The molecule has 4 heterocycles. The molecule has 0 aliphatic carbocycles. The Kier molecular flexibility index (Phi) is 5.65. The van der Waals surface area contributed by atoms with Crippen LogP contribution in [0.5, 0.6) is 0 Å². The lowest BCUT2D eigenvalue weighted by Crippen LogP contribution is -2.27. The molecule has 40 heavy (non-hydrogen) atoms. The SMILES string of the molecule is Cc1[nH]n(-c2[nH+]c3ccccc3s2)c(=O)c1C(c1ccc(F)cc1)c1c(C)[nH]n(-c2[nH+]c3ccccc3s2)c1=O. The van der Waals surface area contributed by atoms with E-state index in [4.69, 9.17) is 0 Å². The minimum absolute atomic E-state index is 0.283. The molecule has 7 aromatic rings. The summed E-state index contributed by atoms with van der Waals surface area (Å²) in [4.78, 5) is 34.7. The number of nitrogens with zero attached hydrogens (tertiary/aromatic N) is 2. The summed E-state index contributed by atoms with van der Waals surface area (Å²) in [7, 11) is 0. The van der Waals surface area contributed by atoms with Crippen LogP contribution in [-0.4, -0.2) is 19.6 Å². The molecule has 0 atom stereocenters. The number of halogens is 1. The fourth-order valence-electron chi connectivity index (χ4n) is 5.23. The number of para-hydroxylation sites is 2. The lowest BCUT2D eigenvalue weighted by Gasteiger charge is -2.14. The van der Waals surface area contributed by atoms with E-state index in [0.29, 0.717) is 38.3 Å². The van der Waals surface area contributed by atoms with E-state index in [1.165, 1.54) is 44.2 Å². The number of thiazole rings is 2. The maximum absolute atomic E-state index is 14.1. The van der Waals surface area contributed by atoms with Crippen LogP contribution in [0.4, 0.5) is 4.39 Å². The first-order chi connectivity index (χ1) is 19.4. The van der Waals surface area contributed by atoms with Gasteiger partial charge in [0.1, 0.15) is 16.9 Å². The van der Waals surface area contributed by atoms with Crippen LogP contribution in [0.1, 0.15) is 34.0 Å². The van der Waals surface area contributed by atoms with Gasteiger partial charge in [0.05, 0.1) is 37.8 Å². The first-order valence-corrected chi connectivity index (χ1v) is 14.2. The largest absolute Gasteiger partial charge is 0.366 e. The van der Waals surface area contributed by atoms with Crippen LogP contribution in [0.2, 0.25) is 0 Å². The fourth-order valence-corrected chi connectivity index (χ4v) is 7.16. The second kappa shape index (κ2) is 9.25. The predicted octanol–water partition coefficient (Wildman–Crippen LogP) is 4.64. The van der Waals surface area contributed by atoms with Gasteiger partial charge >= 0.3 is 21.4 Å². The monoisotopic (exact) mass is 570 g/mol. The Hall–Kier alpha value is -4.61. The third-order valence-electron chi connectivity index (χ3n) is 7.09. The highest BCUT2D eigenvalue weighted by atomic mass is 32.1. The van der Waals surface area contributed by atoms with Crippen LogP contribution < -0.4 is 21.1 Å². The Labute approximate surface area is 234 Å². The molecule has 198 valence electrons. The molecule has 0 unspecified atom stereocenters. The number of rotatable bonds is 5. The number of fused-ring (bicyclic) bond motifs is 2. The lowest BCUT2D eigenvalue weighted by molar-refractivity contribution is -0.335. The Morgan fingerprint density at radius 3 is 1.60 bits per heavy atom. The van der Waals surface area contributed by atoms with Gasteiger partial charge in [-0.3, -0.25) is 0 Å². The number of hydrogen-bond acceptors (Lipinski definition) is 4. The molecule has 0 spiro atoms. The molecule has 0 aliphatic heterocycles. The van der Waals surface area contributed by atoms with E-state index in [-0.39, 0.29) is 11.1 Å². The van der Waals surface area contributed by atoms with Crippen LogP contribution in [-0.2, 0) is 0 Å². The molecular formula is C29H23FN6O2S2+2. The number of aromatic nitrogens is 6. The summed E-state index contributed by atoms with van der Waals surface area (Å²) in [5.74, 6) is -1.13. The van der Waals surface area contributed by atoms with E-state index < -0.39 is 11.7 Å². The Balaban J connectivity index is 1.44. The van der Waals surface area contributed by atoms with Gasteiger partial charge in [-0.05, 0) is 78.5 Å². The predicted molar refractivity (Wildman–Crippen MR) is 153 cm³/mol. The van der Waals surface area contributed by atoms with Crippen molar-refractivity contribution >= 4 is 43.1 Å². The summed E-state index contributed by atoms with van der Waals surface area (Å²) in [6.45, 7) is 3.63. The van der Waals surface area contributed by atoms with Crippen LogP contribution in [0.25, 0.3) is 30.7 Å². The van der Waals surface area contributed by atoms with Gasteiger partial charge in [-0.15, -0.1) is 0 Å². The number of nitrogens with one attached hydrogen (secondary N) is 4. The van der Waals surface area contributed by atoms with E-state index >= 15 is 0 Å². The molecule has 0 radical (unpaired) electrons. The Bertz CT molecular complexity index is 1960. The van der Waals surface area contributed by atoms with Crippen molar-refractivity contribution in [2.45, 2.75) is 19.8 Å². The number of aryl methyl sites for hydroxylation is 2. The molecule has 0 fully saturated rings. The lowest BCUT2D eigenvalue weighted by atomic mass is 9.85. The van der Waals surface area contributed by atoms with E-state index in [2.05, 4.69) is 20.2 Å². The van der Waals surface area contributed by atoms with Crippen molar-refractivity contribution in [2.24, 2.45) is 0 Å². The molecule has 0 amide bonds. The first-order valence-electron chi connectivity index (χ1n) is 12.6. The summed E-state index contributed by atoms with van der Waals surface area (Å²) >= 11 is 2.91. The van der Waals surface area contributed by atoms with E-state index in [1.54, 1.807) is 12.1 Å². The fraction of sp³-hybridized carbons (Fsp3) is 0.103. The van der Waals surface area contributed by atoms with Crippen molar-refractivity contribution in [3.63, 3.8) is 0 Å². The van der Waals surface area contributed by atoms with Crippen molar-refractivity contribution in [1.29, 1.82) is 0 Å². The molecule has 4 N–H and O–H groups in total. The zero-order chi connectivity index (χ0) is 27.5. The third-order valence-corrected chi connectivity index (χ3v) is 9.20. The van der Waals surface area contributed by atoms with Crippen LogP contribution in [0.15, 0.2) is 82.4 Å². The first kappa shape index (κ1) is 24.4. The zero-order valence-electron chi connectivity index (χ0n) is 21.4. The summed E-state index contributed by atoms with van der Waals surface area (Å²) in [6, 6.07) is 21.6. The molecule has 3 aromatic carbocycles. The molecule has 8 nitrogen and oxygen atoms in total. The van der Waals surface area contributed by atoms with Gasteiger partial charge in [0.25, 0.3) is 0 Å². The van der Waals surface area contributed by atoms with E-state index in [9.17, 15) is 14.0 Å². The average Bonchev–Trinajstić information content (AvgIpc) is 3.70.